The predicted molar refractivity (Wildman–Crippen MR) is 102 cm³/mol. The summed E-state index contributed by atoms with van der Waals surface area (Å²) in [5, 5.41) is 5.60. The number of pyridine rings is 1. The van der Waals surface area contributed by atoms with Crippen LogP contribution in [0.25, 0.3) is 0 Å². The molecule has 0 aliphatic heterocycles. The van der Waals surface area contributed by atoms with Gasteiger partial charge in [0.2, 0.25) is 11.8 Å². The topological polar surface area (TPSA) is 74.3 Å². The van der Waals surface area contributed by atoms with Crippen molar-refractivity contribution in [2.75, 3.05) is 24.2 Å². The zero-order valence-electron chi connectivity index (χ0n) is 14.4. The Kier molecular flexibility index (Phi) is 6.66. The molecule has 6 nitrogen and oxygen atoms in total. The van der Waals surface area contributed by atoms with Crippen LogP contribution in [-0.2, 0) is 9.59 Å². The van der Waals surface area contributed by atoms with Gasteiger partial charge >= 0.3 is 0 Å². The number of nitrogens with zero attached hydrogens (tertiary/aromatic N) is 2. The predicted octanol–water partition coefficient (Wildman–Crippen LogP) is 3.05. The lowest BCUT2D eigenvalue weighted by atomic mass is 10.2. The molecule has 7 heteroatoms. The number of rotatable bonds is 6. The van der Waals surface area contributed by atoms with Gasteiger partial charge in [0.15, 0.2) is 0 Å². The van der Waals surface area contributed by atoms with Gasteiger partial charge in [0.1, 0.15) is 5.82 Å². The highest BCUT2D eigenvalue weighted by atomic mass is 79.9. The maximum Gasteiger partial charge on any atom is 0.241 e. The van der Waals surface area contributed by atoms with Crippen molar-refractivity contribution in [1.82, 2.24) is 9.88 Å². The number of carbonyl (C=O) groups excluding carboxylic acids is 2. The largest absolute Gasteiger partial charge is 0.324 e. The molecule has 0 aliphatic rings. The van der Waals surface area contributed by atoms with Gasteiger partial charge in [-0.1, -0.05) is 18.2 Å². The van der Waals surface area contributed by atoms with Gasteiger partial charge in [0.25, 0.3) is 0 Å². The number of benzene rings is 1. The number of carbonyl (C=O) groups is 2. The van der Waals surface area contributed by atoms with Crippen LogP contribution in [0.15, 0.2) is 47.1 Å². The first kappa shape index (κ1) is 19.1. The molecule has 0 bridgehead atoms. The molecule has 1 unspecified atom stereocenters. The van der Waals surface area contributed by atoms with E-state index in [9.17, 15) is 9.59 Å². The van der Waals surface area contributed by atoms with Crippen molar-refractivity contribution < 1.29 is 9.59 Å². The molecule has 0 saturated heterocycles. The first-order valence-corrected chi connectivity index (χ1v) is 8.64. The third-order valence-corrected chi connectivity index (χ3v) is 4.30. The molecule has 0 aliphatic carbocycles. The Morgan fingerprint density at radius 3 is 2.56 bits per heavy atom. The molecule has 132 valence electrons. The summed E-state index contributed by atoms with van der Waals surface area (Å²) in [7, 11) is 1.73. The standard InChI is InChI=1S/C18H21BrN4O2/c1-12-6-4-5-7-15(12)21-18(25)13(2)23(3)11-17(24)22-16-9-8-14(19)10-20-16/h4-10,13H,11H2,1-3H3,(H,21,25)(H,20,22,24). The van der Waals surface area contributed by atoms with Crippen LogP contribution >= 0.6 is 15.9 Å². The van der Waals surface area contributed by atoms with Crippen LogP contribution in [0.4, 0.5) is 11.5 Å². The van der Waals surface area contributed by atoms with E-state index in [-0.39, 0.29) is 18.4 Å². The molecule has 0 fully saturated rings. The fraction of sp³-hybridized carbons (Fsp3) is 0.278. The van der Waals surface area contributed by atoms with Gasteiger partial charge < -0.3 is 10.6 Å². The van der Waals surface area contributed by atoms with Crippen molar-refractivity contribution in [2.45, 2.75) is 19.9 Å². The Hall–Kier alpha value is -2.25. The minimum atomic E-state index is -0.455. The van der Waals surface area contributed by atoms with Crippen LogP contribution < -0.4 is 10.6 Å². The molecule has 0 saturated carbocycles. The summed E-state index contributed by atoms with van der Waals surface area (Å²) < 4.78 is 0.837. The second kappa shape index (κ2) is 8.73. The van der Waals surface area contributed by atoms with E-state index in [1.807, 2.05) is 31.2 Å². The Bertz CT molecular complexity index is 749. The smallest absolute Gasteiger partial charge is 0.241 e. The summed E-state index contributed by atoms with van der Waals surface area (Å²) in [4.78, 5) is 30.3. The molecular weight excluding hydrogens is 384 g/mol. The lowest BCUT2D eigenvalue weighted by molar-refractivity contribution is -0.122. The van der Waals surface area contributed by atoms with Gasteiger partial charge in [-0.15, -0.1) is 0 Å². The highest BCUT2D eigenvalue weighted by Gasteiger charge is 2.20. The Balaban J connectivity index is 1.89. The van der Waals surface area contributed by atoms with Crippen LogP contribution in [0.2, 0.25) is 0 Å². The SMILES string of the molecule is Cc1ccccc1NC(=O)C(C)N(C)CC(=O)Nc1ccc(Br)cn1. The number of para-hydroxylation sites is 1. The molecule has 2 rings (SSSR count). The number of nitrogens with one attached hydrogen (secondary N) is 2. The van der Waals surface area contributed by atoms with Crippen LogP contribution in [0.5, 0.6) is 0 Å². The van der Waals surface area contributed by atoms with Gasteiger partial charge in [-0.25, -0.2) is 4.98 Å². The second-order valence-electron chi connectivity index (χ2n) is 5.81. The summed E-state index contributed by atoms with van der Waals surface area (Å²) in [5.41, 5.74) is 1.76. The molecule has 2 aromatic rings. The highest BCUT2D eigenvalue weighted by molar-refractivity contribution is 9.10. The van der Waals surface area contributed by atoms with Gasteiger partial charge in [-0.05, 0) is 60.6 Å². The molecular formula is C18H21BrN4O2. The fourth-order valence-electron chi connectivity index (χ4n) is 2.15. The van der Waals surface area contributed by atoms with E-state index in [0.29, 0.717) is 5.82 Å². The summed E-state index contributed by atoms with van der Waals surface area (Å²) in [6, 6.07) is 10.6. The van der Waals surface area contributed by atoms with E-state index < -0.39 is 6.04 Å². The van der Waals surface area contributed by atoms with Crippen molar-refractivity contribution in [1.29, 1.82) is 0 Å². The number of aryl methyl sites for hydroxylation is 1. The Labute approximate surface area is 155 Å². The number of amides is 2. The van der Waals surface area contributed by atoms with Crippen molar-refractivity contribution >= 4 is 39.2 Å². The monoisotopic (exact) mass is 404 g/mol. The van der Waals surface area contributed by atoms with E-state index in [1.54, 1.807) is 37.2 Å². The minimum absolute atomic E-state index is 0.0834. The van der Waals surface area contributed by atoms with Gasteiger partial charge in [-0.3, -0.25) is 14.5 Å². The Morgan fingerprint density at radius 1 is 1.20 bits per heavy atom. The Morgan fingerprint density at radius 2 is 1.92 bits per heavy atom. The molecule has 1 atom stereocenters. The van der Waals surface area contributed by atoms with Crippen molar-refractivity contribution in [3.63, 3.8) is 0 Å². The maximum absolute atomic E-state index is 12.4. The fourth-order valence-corrected chi connectivity index (χ4v) is 2.38. The first-order chi connectivity index (χ1) is 11.9. The van der Waals surface area contributed by atoms with E-state index in [0.717, 1.165) is 15.7 Å². The highest BCUT2D eigenvalue weighted by Crippen LogP contribution is 2.14. The number of hydrogen-bond acceptors (Lipinski definition) is 4. The van der Waals surface area contributed by atoms with E-state index >= 15 is 0 Å². The molecule has 2 N–H and O–H groups in total. The average Bonchev–Trinajstić information content (AvgIpc) is 2.58. The lowest BCUT2D eigenvalue weighted by Crippen LogP contribution is -2.43. The van der Waals surface area contributed by atoms with Crippen molar-refractivity contribution in [3.8, 4) is 0 Å². The third-order valence-electron chi connectivity index (χ3n) is 3.83. The molecule has 0 radical (unpaired) electrons. The average molecular weight is 405 g/mol. The van der Waals surface area contributed by atoms with E-state index in [2.05, 4.69) is 31.5 Å². The molecule has 1 aromatic carbocycles. The number of aromatic nitrogens is 1. The molecule has 2 amide bonds. The minimum Gasteiger partial charge on any atom is -0.324 e. The number of hydrogen-bond donors (Lipinski definition) is 2. The quantitative estimate of drug-likeness (QED) is 0.775. The van der Waals surface area contributed by atoms with E-state index in [1.165, 1.54) is 0 Å². The van der Waals surface area contributed by atoms with Crippen LogP contribution in [0.1, 0.15) is 12.5 Å². The van der Waals surface area contributed by atoms with Crippen molar-refractivity contribution in [3.05, 3.63) is 52.6 Å². The van der Waals surface area contributed by atoms with Gasteiger partial charge in [0.05, 0.1) is 12.6 Å². The van der Waals surface area contributed by atoms with Gasteiger partial charge in [0, 0.05) is 16.4 Å². The number of halogens is 1. The first-order valence-electron chi connectivity index (χ1n) is 7.85. The van der Waals surface area contributed by atoms with Crippen LogP contribution in [0, 0.1) is 6.92 Å². The summed E-state index contributed by atoms with van der Waals surface area (Å²) in [6.07, 6.45) is 1.61. The van der Waals surface area contributed by atoms with Crippen molar-refractivity contribution in [2.24, 2.45) is 0 Å². The number of likely N-dealkylation sites (N-methyl/N-ethyl adjacent to an activating group) is 1. The zero-order valence-corrected chi connectivity index (χ0v) is 16.0. The van der Waals surface area contributed by atoms with Crippen LogP contribution in [0.3, 0.4) is 0 Å². The van der Waals surface area contributed by atoms with Gasteiger partial charge in [-0.2, -0.15) is 0 Å². The normalized spacial score (nSPS) is 11.9. The molecule has 0 spiro atoms. The lowest BCUT2D eigenvalue weighted by Gasteiger charge is -2.23. The molecule has 1 heterocycles. The van der Waals surface area contributed by atoms with Crippen LogP contribution in [-0.4, -0.2) is 41.3 Å². The summed E-state index contributed by atoms with van der Waals surface area (Å²) >= 11 is 3.29. The number of anilines is 2. The third kappa shape index (κ3) is 5.65. The summed E-state index contributed by atoms with van der Waals surface area (Å²) in [5.74, 6) is 0.0813. The molecule has 1 aromatic heterocycles. The van der Waals surface area contributed by atoms with E-state index in [4.69, 9.17) is 0 Å². The zero-order chi connectivity index (χ0) is 18.4. The maximum atomic E-state index is 12.4. The summed E-state index contributed by atoms with van der Waals surface area (Å²) in [6.45, 7) is 3.78. The second-order valence-corrected chi connectivity index (χ2v) is 6.72. The molecule has 25 heavy (non-hydrogen) atoms.